The summed E-state index contributed by atoms with van der Waals surface area (Å²) < 4.78 is 30.8. The fraction of sp³-hybridized carbons (Fsp3) is 0.565. The van der Waals surface area contributed by atoms with E-state index in [2.05, 4.69) is 34.1 Å². The normalized spacial score (nSPS) is 35.1. The van der Waals surface area contributed by atoms with Gasteiger partial charge < -0.3 is 23.7 Å². The molecule has 3 aliphatic heterocycles. The SMILES string of the molecule is CCOc1ccc(Br)cc1C1OC23CCC4(CC2C(C#N)(C(=N)O3)C1(C#N)C#N)OCCO4. The largest absolute Gasteiger partial charge is 0.493 e. The number of nitrogens with one attached hydrogen (secondary N) is 1. The molecule has 3 heterocycles. The number of nitrogens with zero attached hydrogens (tertiary/aromatic N) is 3. The topological polar surface area (TPSA) is 141 Å². The van der Waals surface area contributed by atoms with Gasteiger partial charge in [-0.25, -0.2) is 0 Å². The molecule has 0 aromatic heterocycles. The summed E-state index contributed by atoms with van der Waals surface area (Å²) >= 11 is 3.44. The number of hydrogen-bond acceptors (Lipinski definition) is 9. The predicted octanol–water partition coefficient (Wildman–Crippen LogP) is 3.71. The number of benzene rings is 1. The van der Waals surface area contributed by atoms with Crippen molar-refractivity contribution in [3.05, 3.63) is 28.2 Å². The highest BCUT2D eigenvalue weighted by atomic mass is 79.9. The van der Waals surface area contributed by atoms with Crippen molar-refractivity contribution in [2.45, 2.75) is 43.9 Å². The first-order valence-corrected chi connectivity index (χ1v) is 11.5. The molecule has 1 saturated carbocycles. The summed E-state index contributed by atoms with van der Waals surface area (Å²) in [6, 6.07) is 11.6. The van der Waals surface area contributed by atoms with Gasteiger partial charge in [0.25, 0.3) is 0 Å². The highest BCUT2D eigenvalue weighted by Crippen LogP contribution is 2.71. The molecule has 1 aromatic rings. The lowest BCUT2D eigenvalue weighted by molar-refractivity contribution is -0.330. The Morgan fingerprint density at radius 1 is 1.15 bits per heavy atom. The van der Waals surface area contributed by atoms with E-state index in [1.165, 1.54) is 0 Å². The Bertz CT molecular complexity index is 1130. The van der Waals surface area contributed by atoms with Gasteiger partial charge >= 0.3 is 0 Å². The molecule has 1 spiro atoms. The minimum Gasteiger partial charge on any atom is -0.493 e. The Morgan fingerprint density at radius 3 is 2.52 bits per heavy atom. The Hall–Kier alpha value is -2.68. The smallest absolute Gasteiger partial charge is 0.218 e. The summed E-state index contributed by atoms with van der Waals surface area (Å²) in [5.74, 6) is -3.09. The lowest BCUT2D eigenvalue weighted by Gasteiger charge is -2.54. The van der Waals surface area contributed by atoms with Gasteiger partial charge in [0.15, 0.2) is 11.2 Å². The minimum absolute atomic E-state index is 0.178. The lowest BCUT2D eigenvalue weighted by Crippen LogP contribution is -2.63. The van der Waals surface area contributed by atoms with Gasteiger partial charge in [-0.05, 0) is 25.1 Å². The molecule has 4 aliphatic rings. The Balaban J connectivity index is 1.74. The Morgan fingerprint density at radius 2 is 1.88 bits per heavy atom. The van der Waals surface area contributed by atoms with Crippen molar-refractivity contribution in [2.75, 3.05) is 19.8 Å². The van der Waals surface area contributed by atoms with Crippen LogP contribution in [0.25, 0.3) is 0 Å². The summed E-state index contributed by atoms with van der Waals surface area (Å²) in [5, 5.41) is 40.2. The van der Waals surface area contributed by atoms with Crippen molar-refractivity contribution in [1.29, 1.82) is 21.2 Å². The van der Waals surface area contributed by atoms with Crippen LogP contribution in [-0.4, -0.2) is 37.3 Å². The van der Waals surface area contributed by atoms with Crippen LogP contribution < -0.4 is 4.74 Å². The average Bonchev–Trinajstić information content (AvgIpc) is 3.34. The fourth-order valence-electron chi connectivity index (χ4n) is 5.84. The Kier molecular flexibility index (Phi) is 4.97. The van der Waals surface area contributed by atoms with Crippen molar-refractivity contribution in [3.63, 3.8) is 0 Å². The lowest BCUT2D eigenvalue weighted by atomic mass is 9.51. The van der Waals surface area contributed by atoms with E-state index >= 15 is 0 Å². The molecule has 1 N–H and O–H groups in total. The van der Waals surface area contributed by atoms with Crippen molar-refractivity contribution < 1.29 is 23.7 Å². The number of ether oxygens (including phenoxy) is 5. The van der Waals surface area contributed by atoms with Crippen molar-refractivity contribution in [3.8, 4) is 24.0 Å². The third-order valence-corrected chi connectivity index (χ3v) is 7.78. The first-order chi connectivity index (χ1) is 15.9. The molecule has 0 amide bonds. The second-order valence-electron chi connectivity index (χ2n) is 8.67. The maximum absolute atomic E-state index is 10.5. The van der Waals surface area contributed by atoms with Crippen LogP contribution in [0.15, 0.2) is 22.7 Å². The van der Waals surface area contributed by atoms with Crippen molar-refractivity contribution >= 4 is 21.8 Å². The highest BCUT2D eigenvalue weighted by molar-refractivity contribution is 9.10. The molecule has 0 radical (unpaired) electrons. The van der Waals surface area contributed by atoms with Gasteiger partial charge in [-0.3, -0.25) is 5.41 Å². The van der Waals surface area contributed by atoms with Crippen LogP contribution in [0.5, 0.6) is 5.75 Å². The fourth-order valence-corrected chi connectivity index (χ4v) is 6.22. The predicted molar refractivity (Wildman–Crippen MR) is 114 cm³/mol. The summed E-state index contributed by atoms with van der Waals surface area (Å²) in [6.07, 6.45) is -0.291. The van der Waals surface area contributed by atoms with Crippen LogP contribution in [-0.2, 0) is 18.9 Å². The van der Waals surface area contributed by atoms with Gasteiger partial charge in [-0.15, -0.1) is 0 Å². The molecule has 33 heavy (non-hydrogen) atoms. The van der Waals surface area contributed by atoms with Gasteiger partial charge in [0.1, 0.15) is 11.9 Å². The van der Waals surface area contributed by atoms with E-state index in [1.807, 2.05) is 6.92 Å². The van der Waals surface area contributed by atoms with E-state index < -0.39 is 40.3 Å². The zero-order valence-corrected chi connectivity index (χ0v) is 19.5. The van der Waals surface area contributed by atoms with Crippen LogP contribution in [0.1, 0.15) is 37.9 Å². The van der Waals surface area contributed by atoms with Crippen LogP contribution in [0.3, 0.4) is 0 Å². The molecule has 9 nitrogen and oxygen atoms in total. The summed E-state index contributed by atoms with van der Waals surface area (Å²) in [6.45, 7) is 3.01. The molecule has 4 atom stereocenters. The molecule has 4 fully saturated rings. The number of halogens is 1. The zero-order valence-electron chi connectivity index (χ0n) is 17.9. The van der Waals surface area contributed by atoms with Crippen molar-refractivity contribution in [2.24, 2.45) is 16.7 Å². The van der Waals surface area contributed by atoms with Gasteiger partial charge in [-0.1, -0.05) is 15.9 Å². The number of rotatable bonds is 3. The van der Waals surface area contributed by atoms with E-state index in [1.54, 1.807) is 18.2 Å². The first kappa shape index (κ1) is 22.1. The van der Waals surface area contributed by atoms with E-state index in [4.69, 9.17) is 29.1 Å². The maximum Gasteiger partial charge on any atom is 0.218 e. The molecule has 1 aromatic carbocycles. The minimum atomic E-state index is -2.08. The maximum atomic E-state index is 10.5. The van der Waals surface area contributed by atoms with Gasteiger partial charge in [0.2, 0.25) is 17.1 Å². The molecule has 1 aliphatic carbocycles. The molecular formula is C23H21BrN4O5. The molecular weight excluding hydrogens is 492 g/mol. The third kappa shape index (κ3) is 2.68. The third-order valence-electron chi connectivity index (χ3n) is 7.29. The second kappa shape index (κ2) is 7.41. The highest BCUT2D eigenvalue weighted by Gasteiger charge is 2.82. The van der Waals surface area contributed by atoms with E-state index in [0.29, 0.717) is 42.0 Å². The van der Waals surface area contributed by atoms with Crippen LogP contribution >= 0.6 is 15.9 Å². The van der Waals surface area contributed by atoms with Gasteiger partial charge in [0.05, 0.1) is 43.9 Å². The summed E-state index contributed by atoms with van der Waals surface area (Å²) in [7, 11) is 0. The number of hydrogen-bond donors (Lipinski definition) is 1. The second-order valence-corrected chi connectivity index (χ2v) is 9.59. The van der Waals surface area contributed by atoms with E-state index in [0.717, 1.165) is 0 Å². The van der Waals surface area contributed by atoms with Crippen LogP contribution in [0, 0.1) is 56.2 Å². The van der Waals surface area contributed by atoms with Crippen molar-refractivity contribution in [1.82, 2.24) is 0 Å². The van der Waals surface area contributed by atoms with Gasteiger partial charge in [-0.2, -0.15) is 15.8 Å². The van der Waals surface area contributed by atoms with E-state index in [-0.39, 0.29) is 12.8 Å². The molecule has 3 saturated heterocycles. The zero-order chi connectivity index (χ0) is 23.5. The quantitative estimate of drug-likeness (QED) is 0.645. The molecule has 2 bridgehead atoms. The molecule has 4 unspecified atom stereocenters. The monoisotopic (exact) mass is 512 g/mol. The summed E-state index contributed by atoms with van der Waals surface area (Å²) in [5.41, 5.74) is -3.51. The van der Waals surface area contributed by atoms with Gasteiger partial charge in [0, 0.05) is 29.3 Å². The standard InChI is InChI=1S/C23H21BrN4O5/c1-2-29-16-4-3-14(24)9-15(16)18-20(11-25,12-26)22(13-27)17-10-21(30-7-8-31-21)5-6-23(17,32-18)33-19(22)28/h3-4,9,17-18,28H,2,5-8,10H2,1H3. The Labute approximate surface area is 199 Å². The van der Waals surface area contributed by atoms with Crippen LogP contribution in [0.4, 0.5) is 0 Å². The average molecular weight is 513 g/mol. The molecule has 5 rings (SSSR count). The van der Waals surface area contributed by atoms with Crippen LogP contribution in [0.2, 0.25) is 0 Å². The molecule has 10 heteroatoms. The first-order valence-electron chi connectivity index (χ1n) is 10.8. The number of nitriles is 3. The molecule has 170 valence electrons. The van der Waals surface area contributed by atoms with E-state index in [9.17, 15) is 15.8 Å². The summed E-state index contributed by atoms with van der Waals surface area (Å²) in [4.78, 5) is 0.